The Morgan fingerprint density at radius 3 is 1.58 bits per heavy atom. The van der Waals surface area contributed by atoms with E-state index in [1.54, 1.807) is 0 Å². The van der Waals surface area contributed by atoms with Crippen molar-refractivity contribution < 1.29 is 9.59 Å². The van der Waals surface area contributed by atoms with Crippen molar-refractivity contribution in [3.8, 4) is 11.1 Å². The minimum Gasteiger partial charge on any atom is -0.370 e. The van der Waals surface area contributed by atoms with Gasteiger partial charge in [0.2, 0.25) is 11.8 Å². The van der Waals surface area contributed by atoms with Gasteiger partial charge in [-0.1, -0.05) is 75.7 Å². The number of aryl methyl sites for hydroxylation is 1. The van der Waals surface area contributed by atoms with Crippen molar-refractivity contribution in [2.45, 2.75) is 54.0 Å². The Balaban J connectivity index is 0.000000920. The molecule has 0 aromatic heterocycles. The lowest BCUT2D eigenvalue weighted by Gasteiger charge is -2.06. The van der Waals surface area contributed by atoms with Crippen LogP contribution in [0.15, 0.2) is 48.5 Å². The van der Waals surface area contributed by atoms with Gasteiger partial charge in [0.05, 0.1) is 0 Å². The third-order valence-corrected chi connectivity index (χ3v) is 3.32. The van der Waals surface area contributed by atoms with Crippen LogP contribution in [0, 0.1) is 0 Å². The molecule has 2 aromatic rings. The van der Waals surface area contributed by atoms with E-state index in [1.165, 1.54) is 37.0 Å². The van der Waals surface area contributed by atoms with Gasteiger partial charge in [0.15, 0.2) is 0 Å². The molecule has 0 aliphatic heterocycles. The highest BCUT2D eigenvalue weighted by Crippen LogP contribution is 2.20. The Labute approximate surface area is 157 Å². The fourth-order valence-corrected chi connectivity index (χ4v) is 2.19. The molecular weight excluding hydrogens is 324 g/mol. The molecule has 0 radical (unpaired) electrons. The van der Waals surface area contributed by atoms with Crippen molar-refractivity contribution in [1.29, 1.82) is 0 Å². The predicted octanol–water partition coefficient (Wildman–Crippen LogP) is 4.46. The molecule has 142 valence electrons. The molecule has 0 aliphatic rings. The smallest absolute Gasteiger partial charge is 0.217 e. The molecule has 4 nitrogen and oxygen atoms in total. The number of hydrogen-bond donors (Lipinski definition) is 2. The summed E-state index contributed by atoms with van der Waals surface area (Å²) in [5.41, 5.74) is 9.42. The predicted molar refractivity (Wildman–Crippen MR) is 110 cm³/mol. The lowest BCUT2D eigenvalue weighted by Crippen LogP contribution is -2.18. The van der Waals surface area contributed by atoms with E-state index >= 15 is 0 Å². The van der Waals surface area contributed by atoms with Crippen molar-refractivity contribution in [3.63, 3.8) is 0 Å². The Kier molecular flexibility index (Phi) is 12.3. The van der Waals surface area contributed by atoms with Crippen LogP contribution in [-0.4, -0.2) is 11.8 Å². The van der Waals surface area contributed by atoms with Crippen LogP contribution in [0.4, 0.5) is 0 Å². The Morgan fingerprint density at radius 1 is 0.846 bits per heavy atom. The highest BCUT2D eigenvalue weighted by Gasteiger charge is 1.99. The van der Waals surface area contributed by atoms with Gasteiger partial charge in [-0.3, -0.25) is 9.59 Å². The van der Waals surface area contributed by atoms with Crippen molar-refractivity contribution in [2.24, 2.45) is 5.73 Å². The van der Waals surface area contributed by atoms with Crippen molar-refractivity contribution in [2.75, 3.05) is 0 Å². The van der Waals surface area contributed by atoms with Gasteiger partial charge in [0.25, 0.3) is 0 Å². The molecule has 0 unspecified atom stereocenters. The van der Waals surface area contributed by atoms with Crippen molar-refractivity contribution >= 4 is 11.8 Å². The van der Waals surface area contributed by atoms with E-state index in [-0.39, 0.29) is 11.8 Å². The van der Waals surface area contributed by atoms with Crippen LogP contribution in [0.25, 0.3) is 11.1 Å². The zero-order chi connectivity index (χ0) is 19.9. The molecule has 0 fully saturated rings. The summed E-state index contributed by atoms with van der Waals surface area (Å²) < 4.78 is 0. The van der Waals surface area contributed by atoms with E-state index in [1.807, 2.05) is 13.8 Å². The molecule has 0 spiro atoms. The number of amides is 2. The minimum atomic E-state index is -0.333. The molecule has 0 saturated carbocycles. The second-order valence-corrected chi connectivity index (χ2v) is 5.66. The van der Waals surface area contributed by atoms with E-state index in [0.717, 1.165) is 12.0 Å². The largest absolute Gasteiger partial charge is 0.370 e. The lowest BCUT2D eigenvalue weighted by atomic mass is 10.0. The molecule has 4 heteroatoms. The maximum absolute atomic E-state index is 10.9. The third kappa shape index (κ3) is 10.3. The van der Waals surface area contributed by atoms with Crippen molar-refractivity contribution in [3.05, 3.63) is 59.7 Å². The fraction of sp³-hybridized carbons (Fsp3) is 0.364. The van der Waals surface area contributed by atoms with Gasteiger partial charge in [-0.25, -0.2) is 0 Å². The first-order valence-electron chi connectivity index (χ1n) is 9.11. The average Bonchev–Trinajstić information content (AvgIpc) is 2.63. The number of benzene rings is 2. The number of carbonyl (C=O) groups is 2. The first-order valence-corrected chi connectivity index (χ1v) is 9.11. The monoisotopic (exact) mass is 356 g/mol. The topological polar surface area (TPSA) is 72.2 Å². The quantitative estimate of drug-likeness (QED) is 0.830. The molecule has 0 bridgehead atoms. The number of carbonyl (C=O) groups excluding carboxylic acids is 2. The summed E-state index contributed by atoms with van der Waals surface area (Å²) >= 11 is 0. The first kappa shape index (κ1) is 23.4. The molecule has 0 atom stereocenters. The maximum Gasteiger partial charge on any atom is 0.217 e. The molecule has 0 aliphatic carbocycles. The maximum atomic E-state index is 10.9. The van der Waals surface area contributed by atoms with Gasteiger partial charge in [0.1, 0.15) is 0 Å². The van der Waals surface area contributed by atoms with Crippen LogP contribution < -0.4 is 11.1 Å². The van der Waals surface area contributed by atoms with Crippen molar-refractivity contribution in [1.82, 2.24) is 5.32 Å². The zero-order valence-electron chi connectivity index (χ0n) is 16.6. The summed E-state index contributed by atoms with van der Waals surface area (Å²) in [7, 11) is 0. The van der Waals surface area contributed by atoms with Crippen LogP contribution in [0.3, 0.4) is 0 Å². The zero-order valence-corrected chi connectivity index (χ0v) is 16.6. The molecular formula is C22H32N2O2. The van der Waals surface area contributed by atoms with Crippen LogP contribution in [-0.2, 0) is 22.6 Å². The summed E-state index contributed by atoms with van der Waals surface area (Å²) in [5, 5.41) is 2.80. The lowest BCUT2D eigenvalue weighted by molar-refractivity contribution is -0.119. The number of primary amides is 1. The second-order valence-electron chi connectivity index (χ2n) is 5.66. The summed E-state index contributed by atoms with van der Waals surface area (Å²) in [4.78, 5) is 20.1. The van der Waals surface area contributed by atoms with Gasteiger partial charge in [-0.05, 0) is 28.7 Å². The molecule has 2 amide bonds. The summed E-state index contributed by atoms with van der Waals surface area (Å²) in [6.45, 7) is 9.62. The number of nitrogens with two attached hydrogens (primary N) is 1. The highest BCUT2D eigenvalue weighted by atomic mass is 16.1. The molecule has 0 saturated heterocycles. The normalized spacial score (nSPS) is 9.12. The minimum absolute atomic E-state index is 0.000546. The van der Waals surface area contributed by atoms with Crippen LogP contribution in [0.1, 0.15) is 52.2 Å². The Hall–Kier alpha value is -2.62. The number of hydrogen-bond acceptors (Lipinski definition) is 2. The van der Waals surface area contributed by atoms with E-state index in [0.29, 0.717) is 6.54 Å². The molecule has 0 heterocycles. The van der Waals surface area contributed by atoms with E-state index < -0.39 is 0 Å². The standard InChI is InChI=1S/C18H21NO.C2H5NO.C2H6/c1-3-4-15-5-9-17(10-6-15)18-11-7-16(8-12-18)13-19-14(2)20;1-2(3)4;1-2/h5-12H,3-4,13H2,1-2H3,(H,19,20);1H3,(H2,3,4);1-2H3. The van der Waals surface area contributed by atoms with E-state index in [4.69, 9.17) is 0 Å². The van der Waals surface area contributed by atoms with E-state index in [9.17, 15) is 9.59 Å². The third-order valence-electron chi connectivity index (χ3n) is 3.32. The highest BCUT2D eigenvalue weighted by molar-refractivity contribution is 5.73. The van der Waals surface area contributed by atoms with Gasteiger partial charge < -0.3 is 11.1 Å². The molecule has 2 aromatic carbocycles. The molecule has 26 heavy (non-hydrogen) atoms. The Bertz CT molecular complexity index is 643. The van der Waals surface area contributed by atoms with Gasteiger partial charge in [-0.15, -0.1) is 0 Å². The molecule has 2 rings (SSSR count). The summed E-state index contributed by atoms with van der Waals surface area (Å²) in [5.74, 6) is -0.333. The van der Waals surface area contributed by atoms with Crippen LogP contribution in [0.5, 0.6) is 0 Å². The number of nitrogens with one attached hydrogen (secondary N) is 1. The summed E-state index contributed by atoms with van der Waals surface area (Å²) in [6.07, 6.45) is 2.31. The van der Waals surface area contributed by atoms with Crippen LogP contribution >= 0.6 is 0 Å². The van der Waals surface area contributed by atoms with Gasteiger partial charge >= 0.3 is 0 Å². The summed E-state index contributed by atoms with van der Waals surface area (Å²) in [6, 6.07) is 17.1. The van der Waals surface area contributed by atoms with E-state index in [2.05, 4.69) is 66.5 Å². The average molecular weight is 357 g/mol. The van der Waals surface area contributed by atoms with Gasteiger partial charge in [-0.2, -0.15) is 0 Å². The SMILES string of the molecule is CC.CC(N)=O.CCCc1ccc(-c2ccc(CNC(C)=O)cc2)cc1. The number of rotatable bonds is 5. The fourth-order valence-electron chi connectivity index (χ4n) is 2.19. The van der Waals surface area contributed by atoms with Crippen LogP contribution in [0.2, 0.25) is 0 Å². The molecule has 3 N–H and O–H groups in total. The second kappa shape index (κ2) is 13.6. The van der Waals surface area contributed by atoms with Gasteiger partial charge in [0, 0.05) is 20.4 Å². The Morgan fingerprint density at radius 2 is 1.23 bits per heavy atom. The first-order chi connectivity index (χ1) is 12.4.